The van der Waals surface area contributed by atoms with E-state index in [-0.39, 0.29) is 12.6 Å². The average Bonchev–Trinajstić information content (AvgIpc) is 3.27. The van der Waals surface area contributed by atoms with Crippen LogP contribution in [0.5, 0.6) is 0 Å². The summed E-state index contributed by atoms with van der Waals surface area (Å²) in [5.74, 6) is 0. The molecule has 4 rings (SSSR count). The third-order valence-electron chi connectivity index (χ3n) is 4.85. The molecule has 3 aromatic rings. The van der Waals surface area contributed by atoms with Gasteiger partial charge in [0.05, 0.1) is 11.3 Å². The molecule has 140 valence electrons. The van der Waals surface area contributed by atoms with Gasteiger partial charge < -0.3 is 25.5 Å². The fraction of sp³-hybridized carbons (Fsp3) is 0.300. The van der Waals surface area contributed by atoms with Crippen LogP contribution in [0.3, 0.4) is 0 Å². The summed E-state index contributed by atoms with van der Waals surface area (Å²) in [6, 6.07) is 11.3. The summed E-state index contributed by atoms with van der Waals surface area (Å²) in [4.78, 5) is 16.7. The van der Waals surface area contributed by atoms with E-state index in [0.29, 0.717) is 18.7 Å². The highest BCUT2D eigenvalue weighted by Crippen LogP contribution is 2.22. The van der Waals surface area contributed by atoms with Crippen LogP contribution in [0.25, 0.3) is 16.9 Å². The Morgan fingerprint density at radius 2 is 2.15 bits per heavy atom. The average molecular weight is 365 g/mol. The predicted molar refractivity (Wildman–Crippen MR) is 105 cm³/mol. The van der Waals surface area contributed by atoms with E-state index < -0.39 is 5.60 Å². The van der Waals surface area contributed by atoms with Gasteiger partial charge in [-0.2, -0.15) is 0 Å². The van der Waals surface area contributed by atoms with Crippen molar-refractivity contribution in [2.75, 3.05) is 25.0 Å². The molecule has 1 atom stereocenters. The molecule has 0 bridgehead atoms. The number of hydrogen-bond donors (Lipinski definition) is 4. The van der Waals surface area contributed by atoms with Crippen molar-refractivity contribution in [3.63, 3.8) is 0 Å². The molecule has 1 aliphatic heterocycles. The molecular formula is C20H23N5O2. The first-order valence-corrected chi connectivity index (χ1v) is 9.05. The number of carbonyl (C=O) groups is 1. The van der Waals surface area contributed by atoms with E-state index in [1.165, 1.54) is 5.56 Å². The number of aliphatic hydroxyl groups is 1. The van der Waals surface area contributed by atoms with Gasteiger partial charge in [0.2, 0.25) is 0 Å². The number of rotatable bonds is 4. The molecule has 0 saturated carbocycles. The number of pyridine rings is 1. The Kier molecular flexibility index (Phi) is 4.55. The minimum atomic E-state index is -0.858. The van der Waals surface area contributed by atoms with Crippen molar-refractivity contribution in [3.8, 4) is 11.3 Å². The second kappa shape index (κ2) is 7.02. The number of nitrogens with one attached hydrogen (secondary N) is 3. The Labute approximate surface area is 157 Å². The molecule has 3 heterocycles. The molecule has 0 spiro atoms. The number of urea groups is 1. The standard InChI is InChI=1S/C20H23N5O2/c1-14-6-9-25-11-17(24-18(25)10-14)15-2-4-16(5-3-15)23-19(26)22-13-20(27)7-8-21-12-20/h2-6,9-11,21,27H,7-8,12-13H2,1H3,(H2,22,23,26). The zero-order valence-electron chi connectivity index (χ0n) is 15.2. The minimum Gasteiger partial charge on any atom is -0.387 e. The minimum absolute atomic E-state index is 0.227. The van der Waals surface area contributed by atoms with E-state index in [0.717, 1.165) is 23.4 Å². The zero-order valence-corrected chi connectivity index (χ0v) is 15.2. The number of aryl methyl sites for hydroxylation is 1. The Bertz CT molecular complexity index is 958. The summed E-state index contributed by atoms with van der Waals surface area (Å²) in [7, 11) is 0. The molecule has 2 amide bonds. The molecule has 1 aliphatic rings. The largest absolute Gasteiger partial charge is 0.387 e. The van der Waals surface area contributed by atoms with E-state index >= 15 is 0 Å². The molecule has 1 fully saturated rings. The lowest BCUT2D eigenvalue weighted by atomic mass is 10.0. The molecule has 7 heteroatoms. The molecular weight excluding hydrogens is 342 g/mol. The van der Waals surface area contributed by atoms with Gasteiger partial charge in [-0.05, 0) is 49.7 Å². The van der Waals surface area contributed by atoms with Crippen LogP contribution in [0.4, 0.5) is 10.5 Å². The van der Waals surface area contributed by atoms with Crippen LogP contribution in [0.1, 0.15) is 12.0 Å². The van der Waals surface area contributed by atoms with Crippen molar-refractivity contribution in [2.45, 2.75) is 18.9 Å². The molecule has 1 saturated heterocycles. The van der Waals surface area contributed by atoms with Gasteiger partial charge >= 0.3 is 6.03 Å². The summed E-state index contributed by atoms with van der Waals surface area (Å²) in [5.41, 5.74) is 3.77. The quantitative estimate of drug-likeness (QED) is 0.570. The Balaban J connectivity index is 1.40. The van der Waals surface area contributed by atoms with Crippen molar-refractivity contribution in [2.24, 2.45) is 0 Å². The fourth-order valence-corrected chi connectivity index (χ4v) is 3.25. The van der Waals surface area contributed by atoms with Gasteiger partial charge in [-0.25, -0.2) is 9.78 Å². The summed E-state index contributed by atoms with van der Waals surface area (Å²) in [6.45, 7) is 3.54. The van der Waals surface area contributed by atoms with Crippen LogP contribution >= 0.6 is 0 Å². The van der Waals surface area contributed by atoms with Crippen molar-refractivity contribution < 1.29 is 9.90 Å². The van der Waals surface area contributed by atoms with Gasteiger partial charge in [-0.3, -0.25) is 0 Å². The predicted octanol–water partition coefficient (Wildman–Crippen LogP) is 2.16. The fourth-order valence-electron chi connectivity index (χ4n) is 3.25. The van der Waals surface area contributed by atoms with Crippen molar-refractivity contribution in [1.82, 2.24) is 20.0 Å². The first-order valence-electron chi connectivity index (χ1n) is 9.05. The van der Waals surface area contributed by atoms with E-state index in [4.69, 9.17) is 0 Å². The highest BCUT2D eigenvalue weighted by atomic mass is 16.3. The number of imidazole rings is 1. The SMILES string of the molecule is Cc1ccn2cc(-c3ccc(NC(=O)NCC4(O)CCNC4)cc3)nc2c1. The number of anilines is 1. The number of amides is 2. The van der Waals surface area contributed by atoms with Gasteiger partial charge in [0.25, 0.3) is 0 Å². The number of hydrogen-bond acceptors (Lipinski definition) is 4. The maximum Gasteiger partial charge on any atom is 0.319 e. The highest BCUT2D eigenvalue weighted by molar-refractivity contribution is 5.89. The topological polar surface area (TPSA) is 90.7 Å². The van der Waals surface area contributed by atoms with Gasteiger partial charge in [0, 0.05) is 36.7 Å². The number of nitrogens with zero attached hydrogens (tertiary/aromatic N) is 2. The molecule has 1 unspecified atom stereocenters. The summed E-state index contributed by atoms with van der Waals surface area (Å²) < 4.78 is 1.99. The maximum atomic E-state index is 12.0. The second-order valence-electron chi connectivity index (χ2n) is 7.13. The van der Waals surface area contributed by atoms with E-state index in [9.17, 15) is 9.90 Å². The smallest absolute Gasteiger partial charge is 0.319 e. The third kappa shape index (κ3) is 3.94. The number of carbonyl (C=O) groups excluding carboxylic acids is 1. The number of benzene rings is 1. The molecule has 0 aliphatic carbocycles. The number of β-amino-alcohol motifs (C(OH)–C–C–N with tert-alkyl or cyclic N) is 1. The molecule has 27 heavy (non-hydrogen) atoms. The first kappa shape index (κ1) is 17.5. The van der Waals surface area contributed by atoms with Crippen molar-refractivity contribution >= 4 is 17.4 Å². The Hall–Kier alpha value is -2.90. The van der Waals surface area contributed by atoms with Gasteiger partial charge in [-0.1, -0.05) is 12.1 Å². The second-order valence-corrected chi connectivity index (χ2v) is 7.13. The van der Waals surface area contributed by atoms with Crippen LogP contribution in [-0.4, -0.2) is 45.8 Å². The Morgan fingerprint density at radius 3 is 2.89 bits per heavy atom. The van der Waals surface area contributed by atoms with Crippen LogP contribution in [0.2, 0.25) is 0 Å². The van der Waals surface area contributed by atoms with Gasteiger partial charge in [-0.15, -0.1) is 0 Å². The van der Waals surface area contributed by atoms with E-state index in [1.54, 1.807) is 0 Å². The normalized spacial score (nSPS) is 19.3. The number of aromatic nitrogens is 2. The van der Waals surface area contributed by atoms with Crippen LogP contribution < -0.4 is 16.0 Å². The lowest BCUT2D eigenvalue weighted by molar-refractivity contribution is 0.0640. The van der Waals surface area contributed by atoms with Crippen LogP contribution in [0, 0.1) is 6.92 Å². The van der Waals surface area contributed by atoms with Crippen molar-refractivity contribution in [1.29, 1.82) is 0 Å². The van der Waals surface area contributed by atoms with Crippen molar-refractivity contribution in [3.05, 3.63) is 54.4 Å². The maximum absolute atomic E-state index is 12.0. The lowest BCUT2D eigenvalue weighted by Gasteiger charge is -2.21. The molecule has 0 radical (unpaired) electrons. The third-order valence-corrected chi connectivity index (χ3v) is 4.85. The highest BCUT2D eigenvalue weighted by Gasteiger charge is 2.31. The zero-order chi connectivity index (χ0) is 18.9. The van der Waals surface area contributed by atoms with Crippen LogP contribution in [-0.2, 0) is 0 Å². The monoisotopic (exact) mass is 365 g/mol. The number of fused-ring (bicyclic) bond motifs is 1. The van der Waals surface area contributed by atoms with E-state index in [1.807, 2.05) is 60.1 Å². The molecule has 1 aromatic carbocycles. The molecule has 2 aromatic heterocycles. The lowest BCUT2D eigenvalue weighted by Crippen LogP contribution is -2.45. The van der Waals surface area contributed by atoms with Crippen LogP contribution in [0.15, 0.2) is 48.8 Å². The summed E-state index contributed by atoms with van der Waals surface area (Å²) in [6.07, 6.45) is 4.62. The Morgan fingerprint density at radius 1 is 1.33 bits per heavy atom. The summed E-state index contributed by atoms with van der Waals surface area (Å²) in [5, 5.41) is 18.8. The summed E-state index contributed by atoms with van der Waals surface area (Å²) >= 11 is 0. The molecule has 7 nitrogen and oxygen atoms in total. The first-order chi connectivity index (χ1) is 13.0. The van der Waals surface area contributed by atoms with Gasteiger partial charge in [0.1, 0.15) is 5.65 Å². The van der Waals surface area contributed by atoms with E-state index in [2.05, 4.69) is 20.9 Å². The molecule has 4 N–H and O–H groups in total. The van der Waals surface area contributed by atoms with Gasteiger partial charge in [0.15, 0.2) is 0 Å².